The molecule has 0 saturated carbocycles. The first-order chi connectivity index (χ1) is 15.3. The average molecular weight is 465 g/mol. The Labute approximate surface area is 187 Å². The molecule has 1 atom stereocenters. The van der Waals surface area contributed by atoms with E-state index in [-0.39, 0.29) is 12.5 Å². The van der Waals surface area contributed by atoms with Crippen molar-refractivity contribution in [2.75, 3.05) is 18.6 Å². The number of thioether (sulfide) groups is 1. The summed E-state index contributed by atoms with van der Waals surface area (Å²) in [4.78, 5) is 29.7. The van der Waals surface area contributed by atoms with E-state index in [1.165, 1.54) is 0 Å². The van der Waals surface area contributed by atoms with Gasteiger partial charge in [-0.25, -0.2) is 4.98 Å². The van der Waals surface area contributed by atoms with E-state index < -0.39 is 24.7 Å². The molecule has 6 nitrogen and oxygen atoms in total. The summed E-state index contributed by atoms with van der Waals surface area (Å²) < 4.78 is 39.1. The van der Waals surface area contributed by atoms with Gasteiger partial charge in [0.15, 0.2) is 0 Å². The molecule has 0 spiro atoms. The highest BCUT2D eigenvalue weighted by molar-refractivity contribution is 7.98. The summed E-state index contributed by atoms with van der Waals surface area (Å²) in [7, 11) is 0. The Morgan fingerprint density at radius 1 is 1.09 bits per heavy atom. The van der Waals surface area contributed by atoms with E-state index in [1.54, 1.807) is 70.9 Å². The van der Waals surface area contributed by atoms with Crippen molar-refractivity contribution >= 4 is 34.6 Å². The molecule has 3 aromatic rings. The number of halogens is 3. The molecule has 10 heteroatoms. The number of hydrogen-bond donors (Lipinski definition) is 2. The largest absolute Gasteiger partial charge is 0.405 e. The second kappa shape index (κ2) is 10.5. The van der Waals surface area contributed by atoms with Crippen molar-refractivity contribution in [3.05, 3.63) is 66.0 Å². The van der Waals surface area contributed by atoms with Crippen LogP contribution in [0.4, 0.5) is 13.2 Å². The standard InChI is InChI=1S/C22H23F3N4O2S/c1-32-12-11-17(28-21(31)15-7-3-2-4-8-15)20-27-16-9-5-6-10-18(16)29(20)13-19(30)26-14-22(23,24)25/h2-10,17H,11-14H2,1H3,(H,26,30)(H,28,31). The Balaban J connectivity index is 1.92. The lowest BCUT2D eigenvalue weighted by Crippen LogP contribution is -2.37. The van der Waals surface area contributed by atoms with Crippen molar-refractivity contribution in [2.24, 2.45) is 0 Å². The summed E-state index contributed by atoms with van der Waals surface area (Å²) in [5.41, 5.74) is 1.68. The minimum absolute atomic E-state index is 0.295. The van der Waals surface area contributed by atoms with Gasteiger partial charge in [0, 0.05) is 5.56 Å². The van der Waals surface area contributed by atoms with Crippen LogP contribution in [-0.2, 0) is 11.3 Å². The molecule has 0 aliphatic carbocycles. The summed E-state index contributed by atoms with van der Waals surface area (Å²) in [6.07, 6.45) is -2.03. The monoisotopic (exact) mass is 464 g/mol. The zero-order chi connectivity index (χ0) is 23.1. The number of fused-ring (bicyclic) bond motifs is 1. The molecule has 3 rings (SSSR count). The van der Waals surface area contributed by atoms with E-state index in [0.717, 1.165) is 0 Å². The van der Waals surface area contributed by atoms with Gasteiger partial charge in [-0.1, -0.05) is 30.3 Å². The highest BCUT2D eigenvalue weighted by atomic mass is 32.2. The van der Waals surface area contributed by atoms with Crippen molar-refractivity contribution in [3.63, 3.8) is 0 Å². The number of imidazole rings is 1. The van der Waals surface area contributed by atoms with Gasteiger partial charge in [0.25, 0.3) is 5.91 Å². The first-order valence-corrected chi connectivity index (χ1v) is 11.3. The second-order valence-corrected chi connectivity index (χ2v) is 8.10. The predicted octanol–water partition coefficient (Wildman–Crippen LogP) is 3.94. The summed E-state index contributed by atoms with van der Waals surface area (Å²) in [5.74, 6) is 0.0525. The Morgan fingerprint density at radius 3 is 2.47 bits per heavy atom. The molecule has 0 saturated heterocycles. The van der Waals surface area contributed by atoms with Crippen LogP contribution >= 0.6 is 11.8 Å². The first-order valence-electron chi connectivity index (χ1n) is 9.92. The van der Waals surface area contributed by atoms with Crippen molar-refractivity contribution in [3.8, 4) is 0 Å². The van der Waals surface area contributed by atoms with Crippen molar-refractivity contribution < 1.29 is 22.8 Å². The molecule has 2 amide bonds. The van der Waals surface area contributed by atoms with Crippen LogP contribution < -0.4 is 10.6 Å². The van der Waals surface area contributed by atoms with Crippen LogP contribution in [-0.4, -0.2) is 46.1 Å². The van der Waals surface area contributed by atoms with Crippen LogP contribution in [0.2, 0.25) is 0 Å². The quantitative estimate of drug-likeness (QED) is 0.503. The van der Waals surface area contributed by atoms with E-state index in [9.17, 15) is 22.8 Å². The van der Waals surface area contributed by atoms with E-state index in [1.807, 2.05) is 11.6 Å². The minimum Gasteiger partial charge on any atom is -0.345 e. The Bertz CT molecular complexity index is 1070. The third kappa shape index (κ3) is 6.25. The number of carbonyl (C=O) groups excluding carboxylic acids is 2. The molecule has 1 aromatic heterocycles. The Kier molecular flexibility index (Phi) is 7.79. The fourth-order valence-electron chi connectivity index (χ4n) is 3.26. The van der Waals surface area contributed by atoms with Gasteiger partial charge in [-0.2, -0.15) is 24.9 Å². The molecular formula is C22H23F3N4O2S. The fourth-order valence-corrected chi connectivity index (χ4v) is 3.73. The maximum atomic E-state index is 12.8. The highest BCUT2D eigenvalue weighted by Gasteiger charge is 2.28. The molecule has 1 unspecified atom stereocenters. The van der Waals surface area contributed by atoms with Gasteiger partial charge in [0.2, 0.25) is 5.91 Å². The molecule has 0 fully saturated rings. The number of amides is 2. The van der Waals surface area contributed by atoms with E-state index in [2.05, 4.69) is 10.3 Å². The summed E-state index contributed by atoms with van der Waals surface area (Å²) in [6, 6.07) is 15.2. The van der Waals surface area contributed by atoms with Crippen LogP contribution in [0.25, 0.3) is 11.0 Å². The zero-order valence-corrected chi connectivity index (χ0v) is 18.2. The van der Waals surface area contributed by atoms with E-state index >= 15 is 0 Å². The van der Waals surface area contributed by atoms with Gasteiger partial charge < -0.3 is 15.2 Å². The van der Waals surface area contributed by atoms with Crippen LogP contribution in [0.15, 0.2) is 54.6 Å². The Hall–Kier alpha value is -3.01. The maximum absolute atomic E-state index is 12.8. The normalized spacial score (nSPS) is 12.5. The summed E-state index contributed by atoms with van der Waals surface area (Å²) >= 11 is 1.59. The number of nitrogens with one attached hydrogen (secondary N) is 2. The number of para-hydroxylation sites is 2. The fraction of sp³-hybridized carbons (Fsp3) is 0.318. The number of carbonyl (C=O) groups is 2. The first kappa shape index (κ1) is 23.6. The summed E-state index contributed by atoms with van der Waals surface area (Å²) in [6.45, 7) is -1.75. The topological polar surface area (TPSA) is 76.0 Å². The van der Waals surface area contributed by atoms with Gasteiger partial charge in [-0.3, -0.25) is 9.59 Å². The second-order valence-electron chi connectivity index (χ2n) is 7.11. The van der Waals surface area contributed by atoms with Crippen LogP contribution in [0.5, 0.6) is 0 Å². The van der Waals surface area contributed by atoms with Crippen LogP contribution in [0, 0.1) is 0 Å². The van der Waals surface area contributed by atoms with Gasteiger partial charge in [-0.15, -0.1) is 0 Å². The van der Waals surface area contributed by atoms with Crippen molar-refractivity contribution in [1.29, 1.82) is 0 Å². The smallest absolute Gasteiger partial charge is 0.345 e. The third-order valence-corrected chi connectivity index (χ3v) is 5.38. The predicted molar refractivity (Wildman–Crippen MR) is 118 cm³/mol. The van der Waals surface area contributed by atoms with Crippen molar-refractivity contribution in [2.45, 2.75) is 25.2 Å². The SMILES string of the molecule is CSCCC(NC(=O)c1ccccc1)c1nc2ccccc2n1CC(=O)NCC(F)(F)F. The number of alkyl halides is 3. The summed E-state index contributed by atoms with van der Waals surface area (Å²) in [5, 5.41) is 4.87. The maximum Gasteiger partial charge on any atom is 0.405 e. The van der Waals surface area contributed by atoms with E-state index in [4.69, 9.17) is 0 Å². The average Bonchev–Trinajstić information content (AvgIpc) is 3.13. The number of aromatic nitrogens is 2. The molecule has 0 aliphatic heterocycles. The molecule has 2 aromatic carbocycles. The third-order valence-electron chi connectivity index (χ3n) is 4.74. The highest BCUT2D eigenvalue weighted by Crippen LogP contribution is 2.25. The molecule has 0 bridgehead atoms. The van der Waals surface area contributed by atoms with Crippen LogP contribution in [0.3, 0.4) is 0 Å². The molecule has 0 aliphatic rings. The molecular weight excluding hydrogens is 441 g/mol. The number of benzene rings is 2. The number of rotatable bonds is 9. The van der Waals surface area contributed by atoms with Gasteiger partial charge in [0.05, 0.1) is 17.1 Å². The Morgan fingerprint density at radius 2 is 1.78 bits per heavy atom. The molecule has 32 heavy (non-hydrogen) atoms. The molecule has 0 radical (unpaired) electrons. The van der Waals surface area contributed by atoms with E-state index in [0.29, 0.717) is 34.6 Å². The number of nitrogens with zero attached hydrogens (tertiary/aromatic N) is 2. The molecule has 1 heterocycles. The zero-order valence-electron chi connectivity index (χ0n) is 17.4. The van der Waals surface area contributed by atoms with Crippen molar-refractivity contribution in [1.82, 2.24) is 20.2 Å². The van der Waals surface area contributed by atoms with Gasteiger partial charge in [-0.05, 0) is 42.7 Å². The molecule has 2 N–H and O–H groups in total. The van der Waals surface area contributed by atoms with Gasteiger partial charge in [0.1, 0.15) is 18.9 Å². The minimum atomic E-state index is -4.50. The lowest BCUT2D eigenvalue weighted by molar-refractivity contribution is -0.138. The lowest BCUT2D eigenvalue weighted by atomic mass is 10.1. The molecule has 170 valence electrons. The lowest BCUT2D eigenvalue weighted by Gasteiger charge is -2.20. The number of hydrogen-bond acceptors (Lipinski definition) is 4. The van der Waals surface area contributed by atoms with Gasteiger partial charge >= 0.3 is 6.18 Å². The van der Waals surface area contributed by atoms with Crippen LogP contribution in [0.1, 0.15) is 28.6 Å².